The molecule has 0 N–H and O–H groups in total. The molecule has 3 heteroatoms. The Balaban J connectivity index is 1.62. The highest BCUT2D eigenvalue weighted by Gasteiger charge is 2.07. The van der Waals surface area contributed by atoms with E-state index >= 15 is 0 Å². The molecular weight excluding hydrogens is 340 g/mol. The van der Waals surface area contributed by atoms with Crippen LogP contribution in [0.3, 0.4) is 0 Å². The first kappa shape index (κ1) is 18.2. The summed E-state index contributed by atoms with van der Waals surface area (Å²) in [5.41, 5.74) is 2.24. The van der Waals surface area contributed by atoms with Gasteiger partial charge < -0.3 is 4.74 Å². The van der Waals surface area contributed by atoms with E-state index in [-0.39, 0.29) is 11.9 Å². The topological polar surface area (TPSA) is 26.3 Å². The summed E-state index contributed by atoms with van der Waals surface area (Å²) in [6.45, 7) is 4.00. The van der Waals surface area contributed by atoms with E-state index in [0.717, 1.165) is 22.6 Å². The van der Waals surface area contributed by atoms with Crippen molar-refractivity contribution in [1.82, 2.24) is 0 Å². The number of thiophene rings is 1. The maximum atomic E-state index is 12.4. The van der Waals surface area contributed by atoms with Crippen LogP contribution < -0.4 is 4.74 Å². The number of ether oxygens (including phenoxy) is 1. The number of allylic oxidation sites excluding steroid dienone is 1. The number of carbonyl (C=O) groups excluding carboxylic acids is 1. The Kier molecular flexibility index (Phi) is 6.03. The molecule has 132 valence electrons. The average Bonchev–Trinajstić information content (AvgIpc) is 3.10. The molecule has 0 atom stereocenters. The maximum absolute atomic E-state index is 12.4. The Morgan fingerprint density at radius 2 is 1.73 bits per heavy atom. The van der Waals surface area contributed by atoms with Crippen molar-refractivity contribution in [3.63, 3.8) is 0 Å². The van der Waals surface area contributed by atoms with Gasteiger partial charge in [-0.1, -0.05) is 48.5 Å². The van der Waals surface area contributed by atoms with E-state index in [1.54, 1.807) is 17.4 Å². The van der Waals surface area contributed by atoms with E-state index in [1.165, 1.54) is 10.4 Å². The molecular formula is C23H22O2S. The summed E-state index contributed by atoms with van der Waals surface area (Å²) >= 11 is 1.56. The van der Waals surface area contributed by atoms with Gasteiger partial charge in [-0.2, -0.15) is 0 Å². The number of carbonyl (C=O) groups is 1. The third kappa shape index (κ3) is 5.17. The molecule has 1 heterocycles. The summed E-state index contributed by atoms with van der Waals surface area (Å²) in [4.78, 5) is 14.4. The second kappa shape index (κ2) is 8.63. The quantitative estimate of drug-likeness (QED) is 0.379. The van der Waals surface area contributed by atoms with Gasteiger partial charge in [0, 0.05) is 11.3 Å². The molecule has 3 rings (SSSR count). The van der Waals surface area contributed by atoms with Gasteiger partial charge in [-0.25, -0.2) is 0 Å². The van der Waals surface area contributed by atoms with Gasteiger partial charge in [0.2, 0.25) is 0 Å². The van der Waals surface area contributed by atoms with Crippen LogP contribution in [0.25, 0.3) is 6.08 Å². The minimum Gasteiger partial charge on any atom is -0.491 e. The van der Waals surface area contributed by atoms with Crippen molar-refractivity contribution < 1.29 is 9.53 Å². The van der Waals surface area contributed by atoms with E-state index in [9.17, 15) is 4.79 Å². The molecule has 0 saturated carbocycles. The number of benzene rings is 2. The highest BCUT2D eigenvalue weighted by Crippen LogP contribution is 2.21. The first-order valence-electron chi connectivity index (χ1n) is 8.72. The van der Waals surface area contributed by atoms with Gasteiger partial charge in [-0.15, -0.1) is 11.3 Å². The van der Waals surface area contributed by atoms with Crippen LogP contribution in [0.1, 0.15) is 39.5 Å². The monoisotopic (exact) mass is 362 g/mol. The minimum atomic E-state index is 0.0387. The van der Waals surface area contributed by atoms with E-state index < -0.39 is 0 Å². The molecule has 0 amide bonds. The smallest absolute Gasteiger partial charge is 0.195 e. The van der Waals surface area contributed by atoms with Crippen LogP contribution in [0.15, 0.2) is 72.8 Å². The van der Waals surface area contributed by atoms with Crippen molar-refractivity contribution in [1.29, 1.82) is 0 Å². The molecule has 0 bridgehead atoms. The van der Waals surface area contributed by atoms with Crippen LogP contribution in [0.4, 0.5) is 0 Å². The Morgan fingerprint density at radius 1 is 1.00 bits per heavy atom. The molecule has 3 aromatic rings. The summed E-state index contributed by atoms with van der Waals surface area (Å²) in [5.74, 6) is 0.879. The summed E-state index contributed by atoms with van der Waals surface area (Å²) in [5, 5.41) is 0. The number of rotatable bonds is 7. The molecule has 26 heavy (non-hydrogen) atoms. The fourth-order valence-corrected chi connectivity index (χ4v) is 3.55. The van der Waals surface area contributed by atoms with Gasteiger partial charge in [0.1, 0.15) is 5.75 Å². The van der Waals surface area contributed by atoms with E-state index in [2.05, 4.69) is 12.1 Å². The lowest BCUT2D eigenvalue weighted by atomic mass is 10.1. The lowest BCUT2D eigenvalue weighted by Crippen LogP contribution is -2.05. The lowest BCUT2D eigenvalue weighted by molar-refractivity contribution is 0.105. The highest BCUT2D eigenvalue weighted by atomic mass is 32.1. The fourth-order valence-electron chi connectivity index (χ4n) is 2.59. The van der Waals surface area contributed by atoms with Crippen molar-refractivity contribution in [2.24, 2.45) is 0 Å². The molecule has 0 spiro atoms. The van der Waals surface area contributed by atoms with Crippen LogP contribution in [0.5, 0.6) is 5.75 Å². The second-order valence-electron chi connectivity index (χ2n) is 6.36. The van der Waals surface area contributed by atoms with Crippen molar-refractivity contribution >= 4 is 23.2 Å². The summed E-state index contributed by atoms with van der Waals surface area (Å²) in [6, 6.07) is 22.0. The number of ketones is 1. The van der Waals surface area contributed by atoms with Crippen molar-refractivity contribution in [2.45, 2.75) is 26.4 Å². The molecule has 2 aromatic carbocycles. The zero-order chi connectivity index (χ0) is 18.4. The van der Waals surface area contributed by atoms with E-state index in [4.69, 9.17) is 4.74 Å². The normalized spacial score (nSPS) is 11.2. The van der Waals surface area contributed by atoms with Gasteiger partial charge in [-0.3, -0.25) is 4.79 Å². The molecule has 1 aromatic heterocycles. The van der Waals surface area contributed by atoms with Crippen molar-refractivity contribution in [3.8, 4) is 5.75 Å². The standard InChI is InChI=1S/C23H22O2S/c1-17(2)25-20-11-8-18(9-12-20)10-14-22(24)23-15-13-21(26-23)16-19-6-4-3-5-7-19/h3-15,17H,16H2,1-2H3/b14-10+. The van der Waals surface area contributed by atoms with Crippen LogP contribution >= 0.6 is 11.3 Å². The Labute approximate surface area is 158 Å². The largest absolute Gasteiger partial charge is 0.491 e. The van der Waals surface area contributed by atoms with Crippen LogP contribution in [0, 0.1) is 0 Å². The summed E-state index contributed by atoms with van der Waals surface area (Å²) < 4.78 is 5.63. The maximum Gasteiger partial charge on any atom is 0.195 e. The van der Waals surface area contributed by atoms with E-state index in [1.807, 2.05) is 74.5 Å². The third-order valence-corrected chi connectivity index (χ3v) is 4.90. The molecule has 0 saturated heterocycles. The first-order valence-corrected chi connectivity index (χ1v) is 9.53. The first-order chi connectivity index (χ1) is 12.6. The Bertz CT molecular complexity index is 874. The van der Waals surface area contributed by atoms with Gasteiger partial charge in [0.05, 0.1) is 11.0 Å². The predicted octanol–water partition coefficient (Wildman–Crippen LogP) is 6.02. The predicted molar refractivity (Wildman–Crippen MR) is 109 cm³/mol. The van der Waals surface area contributed by atoms with Crippen molar-refractivity contribution in [3.05, 3.63) is 93.7 Å². The van der Waals surface area contributed by atoms with Gasteiger partial charge in [0.15, 0.2) is 5.78 Å². The molecule has 0 unspecified atom stereocenters. The number of hydrogen-bond donors (Lipinski definition) is 0. The zero-order valence-corrected chi connectivity index (χ0v) is 15.8. The molecule has 0 aliphatic heterocycles. The molecule has 2 nitrogen and oxygen atoms in total. The lowest BCUT2D eigenvalue weighted by Gasteiger charge is -2.09. The minimum absolute atomic E-state index is 0.0387. The second-order valence-corrected chi connectivity index (χ2v) is 7.53. The third-order valence-electron chi connectivity index (χ3n) is 3.80. The molecule has 0 aliphatic rings. The Morgan fingerprint density at radius 3 is 2.42 bits per heavy atom. The average molecular weight is 362 g/mol. The van der Waals surface area contributed by atoms with E-state index in [0.29, 0.717) is 0 Å². The highest BCUT2D eigenvalue weighted by molar-refractivity contribution is 7.14. The molecule has 0 aliphatic carbocycles. The van der Waals surface area contributed by atoms with Gasteiger partial charge in [0.25, 0.3) is 0 Å². The van der Waals surface area contributed by atoms with Gasteiger partial charge >= 0.3 is 0 Å². The fraction of sp³-hybridized carbons (Fsp3) is 0.174. The van der Waals surface area contributed by atoms with Crippen molar-refractivity contribution in [2.75, 3.05) is 0 Å². The SMILES string of the molecule is CC(C)Oc1ccc(/C=C/C(=O)c2ccc(Cc3ccccc3)s2)cc1. The van der Waals surface area contributed by atoms with Crippen LogP contribution in [0.2, 0.25) is 0 Å². The number of hydrogen-bond acceptors (Lipinski definition) is 3. The molecule has 0 radical (unpaired) electrons. The zero-order valence-electron chi connectivity index (χ0n) is 15.0. The Hall–Kier alpha value is -2.65. The summed E-state index contributed by atoms with van der Waals surface area (Å²) in [7, 11) is 0. The van der Waals surface area contributed by atoms with Crippen LogP contribution in [-0.4, -0.2) is 11.9 Å². The van der Waals surface area contributed by atoms with Gasteiger partial charge in [-0.05, 0) is 55.3 Å². The molecule has 0 fully saturated rings. The van der Waals surface area contributed by atoms with Crippen LogP contribution in [-0.2, 0) is 6.42 Å². The summed E-state index contributed by atoms with van der Waals surface area (Å²) in [6.07, 6.45) is 4.50.